The molecule has 0 bridgehead atoms. The number of nitrogens with one attached hydrogen (secondary N) is 1. The first-order valence-electron chi connectivity index (χ1n) is 11.6. The Labute approximate surface area is 194 Å². The summed E-state index contributed by atoms with van der Waals surface area (Å²) < 4.78 is 6.25. The molecule has 0 radical (unpaired) electrons. The second-order valence-corrected chi connectivity index (χ2v) is 8.68. The molecule has 0 spiro atoms. The molecular weight excluding hydrogens is 414 g/mol. The first-order chi connectivity index (χ1) is 16.2. The van der Waals surface area contributed by atoms with Crippen LogP contribution < -0.4 is 15.0 Å². The van der Waals surface area contributed by atoms with E-state index in [4.69, 9.17) is 14.7 Å². The van der Waals surface area contributed by atoms with Crippen molar-refractivity contribution in [2.24, 2.45) is 0 Å². The number of rotatable bonds is 5. The summed E-state index contributed by atoms with van der Waals surface area (Å²) in [7, 11) is 0. The fraction of sp³-hybridized carbons (Fsp3) is 0.346. The van der Waals surface area contributed by atoms with Gasteiger partial charge in [-0.3, -0.25) is 0 Å². The Morgan fingerprint density at radius 3 is 2.52 bits per heavy atom. The number of fused-ring (bicyclic) bond motifs is 1. The predicted octanol–water partition coefficient (Wildman–Crippen LogP) is 4.45. The highest BCUT2D eigenvalue weighted by atomic mass is 16.5. The fourth-order valence-electron chi connectivity index (χ4n) is 4.29. The lowest BCUT2D eigenvalue weighted by Crippen LogP contribution is -2.43. The van der Waals surface area contributed by atoms with E-state index in [2.05, 4.69) is 10.2 Å². The fourth-order valence-corrected chi connectivity index (χ4v) is 4.29. The van der Waals surface area contributed by atoms with Crippen molar-refractivity contribution in [2.45, 2.75) is 39.3 Å². The van der Waals surface area contributed by atoms with Gasteiger partial charge in [0, 0.05) is 32.6 Å². The van der Waals surface area contributed by atoms with Crippen LogP contribution in [0.2, 0.25) is 0 Å². The molecule has 1 N–H and O–H groups in total. The maximum atomic E-state index is 12.9. The molecule has 3 aromatic rings. The SMILES string of the molecule is Cc1ccc(Oc2nc(N3CCCC3)nc3c2CN(C(=O)NCc2ccccc2)CC3)cc1. The van der Waals surface area contributed by atoms with Gasteiger partial charge in [0.05, 0.1) is 17.8 Å². The second-order valence-electron chi connectivity index (χ2n) is 8.68. The number of aryl methyl sites for hydroxylation is 1. The lowest BCUT2D eigenvalue weighted by Gasteiger charge is -2.30. The van der Waals surface area contributed by atoms with E-state index in [0.29, 0.717) is 31.9 Å². The Morgan fingerprint density at radius 2 is 1.76 bits per heavy atom. The standard InChI is InChI=1S/C26H29N5O2/c1-19-9-11-21(12-10-19)33-24-22-18-31(26(32)27-17-20-7-3-2-4-8-20)16-13-23(22)28-25(29-24)30-14-5-6-15-30/h2-4,7-12H,5-6,13-18H2,1H3,(H,27,32). The predicted molar refractivity (Wildman–Crippen MR) is 128 cm³/mol. The van der Waals surface area contributed by atoms with Crippen LogP contribution in [0.15, 0.2) is 54.6 Å². The van der Waals surface area contributed by atoms with Crippen LogP contribution in [0.1, 0.15) is 35.2 Å². The average Bonchev–Trinajstić information content (AvgIpc) is 3.39. The molecule has 1 saturated heterocycles. The van der Waals surface area contributed by atoms with Crippen LogP contribution >= 0.6 is 0 Å². The van der Waals surface area contributed by atoms with Crippen LogP contribution in [0.4, 0.5) is 10.7 Å². The molecule has 7 heteroatoms. The monoisotopic (exact) mass is 443 g/mol. The molecule has 0 aliphatic carbocycles. The molecule has 1 fully saturated rings. The van der Waals surface area contributed by atoms with E-state index < -0.39 is 0 Å². The summed E-state index contributed by atoms with van der Waals surface area (Å²) in [4.78, 5) is 26.6. The minimum atomic E-state index is -0.0885. The molecule has 0 saturated carbocycles. The van der Waals surface area contributed by atoms with Gasteiger partial charge in [0.15, 0.2) is 0 Å². The van der Waals surface area contributed by atoms with Crippen LogP contribution in [0.25, 0.3) is 0 Å². The first kappa shape index (κ1) is 21.2. The van der Waals surface area contributed by atoms with Crippen molar-refractivity contribution in [3.8, 4) is 11.6 Å². The zero-order chi connectivity index (χ0) is 22.6. The summed E-state index contributed by atoms with van der Waals surface area (Å²) in [6, 6.07) is 17.8. The highest BCUT2D eigenvalue weighted by molar-refractivity contribution is 5.74. The van der Waals surface area contributed by atoms with Crippen molar-refractivity contribution < 1.29 is 9.53 Å². The number of ether oxygens (including phenoxy) is 1. The van der Waals surface area contributed by atoms with E-state index in [1.807, 2.05) is 66.4 Å². The molecule has 33 heavy (non-hydrogen) atoms. The molecule has 2 aromatic carbocycles. The number of hydrogen-bond acceptors (Lipinski definition) is 5. The smallest absolute Gasteiger partial charge is 0.317 e. The Kier molecular flexibility index (Phi) is 6.11. The Balaban J connectivity index is 1.38. The number of amides is 2. The number of urea groups is 1. The Hall–Kier alpha value is -3.61. The van der Waals surface area contributed by atoms with E-state index >= 15 is 0 Å². The van der Waals surface area contributed by atoms with Gasteiger partial charge < -0.3 is 19.9 Å². The number of carbonyl (C=O) groups excluding carboxylic acids is 1. The highest BCUT2D eigenvalue weighted by Crippen LogP contribution is 2.32. The number of benzene rings is 2. The van der Waals surface area contributed by atoms with Crippen molar-refractivity contribution >= 4 is 12.0 Å². The molecule has 7 nitrogen and oxygen atoms in total. The van der Waals surface area contributed by atoms with E-state index in [0.717, 1.165) is 54.4 Å². The van der Waals surface area contributed by atoms with Crippen molar-refractivity contribution in [1.29, 1.82) is 0 Å². The lowest BCUT2D eigenvalue weighted by molar-refractivity contribution is 0.190. The van der Waals surface area contributed by atoms with E-state index in [1.165, 1.54) is 5.56 Å². The minimum Gasteiger partial charge on any atom is -0.438 e. The van der Waals surface area contributed by atoms with Crippen molar-refractivity contribution in [2.75, 3.05) is 24.5 Å². The molecule has 2 amide bonds. The van der Waals surface area contributed by atoms with Crippen LogP contribution in [-0.2, 0) is 19.5 Å². The van der Waals surface area contributed by atoms with Crippen LogP contribution in [0.5, 0.6) is 11.6 Å². The van der Waals surface area contributed by atoms with Crippen LogP contribution in [0, 0.1) is 6.92 Å². The lowest BCUT2D eigenvalue weighted by atomic mass is 10.1. The van der Waals surface area contributed by atoms with Gasteiger partial charge in [-0.15, -0.1) is 0 Å². The molecule has 0 unspecified atom stereocenters. The van der Waals surface area contributed by atoms with Crippen LogP contribution in [-0.4, -0.2) is 40.5 Å². The molecule has 3 heterocycles. The average molecular weight is 444 g/mol. The quantitative estimate of drug-likeness (QED) is 0.631. The zero-order valence-electron chi connectivity index (χ0n) is 19.0. The molecule has 1 aromatic heterocycles. The summed E-state index contributed by atoms with van der Waals surface area (Å²) in [5, 5.41) is 3.03. The largest absolute Gasteiger partial charge is 0.438 e. The summed E-state index contributed by atoms with van der Waals surface area (Å²) in [6.07, 6.45) is 3.00. The molecule has 0 atom stereocenters. The van der Waals surface area contributed by atoms with Crippen molar-refractivity contribution in [3.05, 3.63) is 77.0 Å². The highest BCUT2D eigenvalue weighted by Gasteiger charge is 2.28. The van der Waals surface area contributed by atoms with Gasteiger partial charge in [-0.05, 0) is 37.5 Å². The van der Waals surface area contributed by atoms with Gasteiger partial charge in [0.2, 0.25) is 11.8 Å². The molecule has 2 aliphatic rings. The molecule has 170 valence electrons. The number of carbonyl (C=O) groups is 1. The van der Waals surface area contributed by atoms with Gasteiger partial charge in [-0.25, -0.2) is 9.78 Å². The van der Waals surface area contributed by atoms with Gasteiger partial charge in [-0.2, -0.15) is 4.98 Å². The third-order valence-electron chi connectivity index (χ3n) is 6.21. The minimum absolute atomic E-state index is 0.0885. The van der Waals surface area contributed by atoms with Gasteiger partial charge in [0.25, 0.3) is 0 Å². The van der Waals surface area contributed by atoms with Crippen LogP contribution in [0.3, 0.4) is 0 Å². The maximum Gasteiger partial charge on any atom is 0.317 e. The summed E-state index contributed by atoms with van der Waals surface area (Å²) in [6.45, 7) is 5.53. The van der Waals surface area contributed by atoms with E-state index in [-0.39, 0.29) is 6.03 Å². The summed E-state index contributed by atoms with van der Waals surface area (Å²) in [5.74, 6) is 2.01. The van der Waals surface area contributed by atoms with Gasteiger partial charge >= 0.3 is 6.03 Å². The number of nitrogens with zero attached hydrogens (tertiary/aromatic N) is 4. The number of aromatic nitrogens is 2. The van der Waals surface area contributed by atoms with Gasteiger partial charge in [0.1, 0.15) is 5.75 Å². The number of hydrogen-bond donors (Lipinski definition) is 1. The molecular formula is C26H29N5O2. The van der Waals surface area contributed by atoms with Crippen molar-refractivity contribution in [3.63, 3.8) is 0 Å². The van der Waals surface area contributed by atoms with E-state index in [9.17, 15) is 4.79 Å². The summed E-state index contributed by atoms with van der Waals surface area (Å²) >= 11 is 0. The van der Waals surface area contributed by atoms with E-state index in [1.54, 1.807) is 0 Å². The third kappa shape index (κ3) is 4.92. The molecule has 5 rings (SSSR count). The normalized spacial score (nSPS) is 15.3. The van der Waals surface area contributed by atoms with Gasteiger partial charge in [-0.1, -0.05) is 48.0 Å². The Bertz CT molecular complexity index is 1110. The summed E-state index contributed by atoms with van der Waals surface area (Å²) in [5.41, 5.74) is 4.11. The first-order valence-corrected chi connectivity index (χ1v) is 11.6. The maximum absolute atomic E-state index is 12.9. The number of anilines is 1. The topological polar surface area (TPSA) is 70.6 Å². The van der Waals surface area contributed by atoms with Crippen molar-refractivity contribution in [1.82, 2.24) is 20.2 Å². The molecule has 2 aliphatic heterocycles. The Morgan fingerprint density at radius 1 is 1.00 bits per heavy atom. The second kappa shape index (κ2) is 9.48. The zero-order valence-corrected chi connectivity index (χ0v) is 19.0. The third-order valence-corrected chi connectivity index (χ3v) is 6.21.